The highest BCUT2D eigenvalue weighted by Crippen LogP contribution is 2.26. The Balaban J connectivity index is 3.63. The van der Waals surface area contributed by atoms with Crippen LogP contribution in [0.25, 0.3) is 0 Å². The topological polar surface area (TPSA) is 0 Å². The second-order valence-corrected chi connectivity index (χ2v) is 4.84. The number of rotatable bonds is 3. The predicted molar refractivity (Wildman–Crippen MR) is 51.6 cm³/mol. The van der Waals surface area contributed by atoms with Crippen molar-refractivity contribution < 1.29 is 0 Å². The van der Waals surface area contributed by atoms with Gasteiger partial charge in [0.05, 0.1) is 0 Å². The Morgan fingerprint density at radius 2 is 1.80 bits per heavy atom. The van der Waals surface area contributed by atoms with Crippen LogP contribution in [0.4, 0.5) is 0 Å². The molecule has 10 heavy (non-hydrogen) atoms. The van der Waals surface area contributed by atoms with Gasteiger partial charge in [-0.05, 0) is 17.8 Å². The van der Waals surface area contributed by atoms with Gasteiger partial charge in [0, 0.05) is 5.33 Å². The summed E-state index contributed by atoms with van der Waals surface area (Å²) in [7, 11) is 0. The highest BCUT2D eigenvalue weighted by molar-refractivity contribution is 9.09. The van der Waals surface area contributed by atoms with Crippen LogP contribution in [0.15, 0.2) is 0 Å². The van der Waals surface area contributed by atoms with Crippen molar-refractivity contribution in [2.45, 2.75) is 40.5 Å². The Morgan fingerprint density at radius 3 is 1.90 bits per heavy atom. The normalized spacial score (nSPS) is 15.3. The molecule has 0 aromatic heterocycles. The molecule has 0 aromatic carbocycles. The average Bonchev–Trinajstić information content (AvgIpc) is 1.81. The second kappa shape index (κ2) is 4.38. The predicted octanol–water partition coefficient (Wildman–Crippen LogP) is 3.84. The maximum atomic E-state index is 3.53. The van der Waals surface area contributed by atoms with E-state index in [4.69, 9.17) is 0 Å². The molecular formula is C9H19Br. The highest BCUT2D eigenvalue weighted by atomic mass is 79.9. The summed E-state index contributed by atoms with van der Waals surface area (Å²) in [5.74, 6) is 0.861. The molecule has 0 bridgehead atoms. The molecule has 0 aliphatic rings. The van der Waals surface area contributed by atoms with E-state index in [0.29, 0.717) is 5.41 Å². The zero-order valence-electron chi connectivity index (χ0n) is 7.58. The van der Waals surface area contributed by atoms with Crippen LogP contribution in [-0.2, 0) is 0 Å². The third-order valence-corrected chi connectivity index (χ3v) is 2.61. The minimum absolute atomic E-state index is 0.494. The molecule has 0 saturated heterocycles. The lowest BCUT2D eigenvalue weighted by atomic mass is 9.84. The summed E-state index contributed by atoms with van der Waals surface area (Å²) >= 11 is 3.53. The first-order chi connectivity index (χ1) is 4.49. The number of hydrogen-bond acceptors (Lipinski definition) is 0. The fraction of sp³-hybridized carbons (Fsp3) is 1.00. The molecule has 0 rings (SSSR count). The molecule has 62 valence electrons. The van der Waals surface area contributed by atoms with Crippen LogP contribution in [0.2, 0.25) is 0 Å². The van der Waals surface area contributed by atoms with Crippen LogP contribution in [0.3, 0.4) is 0 Å². The third-order valence-electron chi connectivity index (χ3n) is 1.70. The van der Waals surface area contributed by atoms with Gasteiger partial charge in [0.15, 0.2) is 0 Å². The Morgan fingerprint density at radius 1 is 1.30 bits per heavy atom. The van der Waals surface area contributed by atoms with Crippen LogP contribution in [0.5, 0.6) is 0 Å². The zero-order valence-corrected chi connectivity index (χ0v) is 9.16. The van der Waals surface area contributed by atoms with Crippen LogP contribution in [0.1, 0.15) is 40.5 Å². The van der Waals surface area contributed by atoms with E-state index in [2.05, 4.69) is 43.6 Å². The van der Waals surface area contributed by atoms with Crippen molar-refractivity contribution in [3.8, 4) is 0 Å². The molecule has 0 N–H and O–H groups in total. The van der Waals surface area contributed by atoms with E-state index in [1.54, 1.807) is 0 Å². The minimum Gasteiger partial charge on any atom is -0.0925 e. The van der Waals surface area contributed by atoms with E-state index < -0.39 is 0 Å². The summed E-state index contributed by atoms with van der Waals surface area (Å²) in [5.41, 5.74) is 0.494. The average molecular weight is 207 g/mol. The summed E-state index contributed by atoms with van der Waals surface area (Å²) in [5, 5.41) is 1.15. The van der Waals surface area contributed by atoms with Gasteiger partial charge in [-0.15, -0.1) is 0 Å². The third kappa shape index (κ3) is 5.28. The van der Waals surface area contributed by atoms with E-state index in [9.17, 15) is 0 Å². The summed E-state index contributed by atoms with van der Waals surface area (Å²) in [6, 6.07) is 0. The van der Waals surface area contributed by atoms with Gasteiger partial charge in [0.1, 0.15) is 0 Å². The van der Waals surface area contributed by atoms with Gasteiger partial charge in [-0.3, -0.25) is 0 Å². The largest absolute Gasteiger partial charge is 0.0925 e. The fourth-order valence-electron chi connectivity index (χ4n) is 1.17. The van der Waals surface area contributed by atoms with Gasteiger partial charge in [0.25, 0.3) is 0 Å². The Labute approximate surface area is 73.5 Å². The Bertz CT molecular complexity index is 77.2. The van der Waals surface area contributed by atoms with Gasteiger partial charge in [-0.1, -0.05) is 50.0 Å². The van der Waals surface area contributed by atoms with E-state index in [-0.39, 0.29) is 0 Å². The monoisotopic (exact) mass is 206 g/mol. The minimum atomic E-state index is 0.494. The summed E-state index contributed by atoms with van der Waals surface area (Å²) in [6.45, 7) is 9.17. The van der Waals surface area contributed by atoms with Gasteiger partial charge < -0.3 is 0 Å². The van der Waals surface area contributed by atoms with Crippen molar-refractivity contribution in [2.75, 3.05) is 5.33 Å². The highest BCUT2D eigenvalue weighted by Gasteiger charge is 2.15. The van der Waals surface area contributed by atoms with Gasteiger partial charge in [-0.25, -0.2) is 0 Å². The molecule has 0 aliphatic carbocycles. The van der Waals surface area contributed by atoms with Crippen molar-refractivity contribution in [2.24, 2.45) is 11.3 Å². The quantitative estimate of drug-likeness (QED) is 0.616. The molecule has 0 heterocycles. The maximum Gasteiger partial charge on any atom is 0.00597 e. The van der Waals surface area contributed by atoms with Crippen molar-refractivity contribution in [3.05, 3.63) is 0 Å². The molecule has 0 radical (unpaired) electrons. The molecule has 0 saturated carbocycles. The van der Waals surface area contributed by atoms with Crippen LogP contribution in [-0.4, -0.2) is 5.33 Å². The first kappa shape index (κ1) is 10.5. The van der Waals surface area contributed by atoms with Crippen LogP contribution in [0, 0.1) is 11.3 Å². The van der Waals surface area contributed by atoms with Gasteiger partial charge in [0.2, 0.25) is 0 Å². The summed E-state index contributed by atoms with van der Waals surface area (Å²) in [6.07, 6.45) is 2.62. The van der Waals surface area contributed by atoms with E-state index in [1.165, 1.54) is 12.8 Å². The number of alkyl halides is 1. The second-order valence-electron chi connectivity index (χ2n) is 4.19. The van der Waals surface area contributed by atoms with Crippen molar-refractivity contribution in [1.82, 2.24) is 0 Å². The molecule has 0 unspecified atom stereocenters. The lowest BCUT2D eigenvalue weighted by Gasteiger charge is -2.23. The number of hydrogen-bond donors (Lipinski definition) is 0. The SMILES string of the molecule is CC[C@H](CBr)CC(C)(C)C. The summed E-state index contributed by atoms with van der Waals surface area (Å²) in [4.78, 5) is 0. The summed E-state index contributed by atoms with van der Waals surface area (Å²) < 4.78 is 0. The molecule has 1 heteroatoms. The van der Waals surface area contributed by atoms with Gasteiger partial charge >= 0.3 is 0 Å². The van der Waals surface area contributed by atoms with E-state index in [0.717, 1.165) is 11.2 Å². The number of halogens is 1. The van der Waals surface area contributed by atoms with Crippen molar-refractivity contribution >= 4 is 15.9 Å². The first-order valence-corrected chi connectivity index (χ1v) is 5.17. The first-order valence-electron chi connectivity index (χ1n) is 4.05. The fourth-order valence-corrected chi connectivity index (χ4v) is 1.86. The molecule has 0 aromatic rings. The van der Waals surface area contributed by atoms with E-state index in [1.807, 2.05) is 0 Å². The molecular weight excluding hydrogens is 188 g/mol. The van der Waals surface area contributed by atoms with Crippen molar-refractivity contribution in [3.63, 3.8) is 0 Å². The molecule has 0 spiro atoms. The van der Waals surface area contributed by atoms with E-state index >= 15 is 0 Å². The smallest absolute Gasteiger partial charge is 0.00597 e. The molecule has 0 aliphatic heterocycles. The lowest BCUT2D eigenvalue weighted by molar-refractivity contribution is 0.306. The Hall–Kier alpha value is 0.480. The van der Waals surface area contributed by atoms with Crippen LogP contribution < -0.4 is 0 Å². The molecule has 1 atom stereocenters. The maximum absolute atomic E-state index is 3.53. The van der Waals surface area contributed by atoms with Crippen LogP contribution >= 0.6 is 15.9 Å². The molecule has 0 nitrogen and oxygen atoms in total. The van der Waals surface area contributed by atoms with Crippen molar-refractivity contribution in [1.29, 1.82) is 0 Å². The lowest BCUT2D eigenvalue weighted by Crippen LogP contribution is -2.13. The van der Waals surface area contributed by atoms with Gasteiger partial charge in [-0.2, -0.15) is 0 Å². The zero-order chi connectivity index (χ0) is 8.20. The molecule has 0 amide bonds. The molecule has 0 fully saturated rings. The Kier molecular flexibility index (Phi) is 4.59. The standard InChI is InChI=1S/C9H19Br/c1-5-8(7-10)6-9(2,3)4/h8H,5-7H2,1-4H3/t8-/m0/s1.